The lowest BCUT2D eigenvalue weighted by atomic mass is 10.1. The number of carbonyl (C=O) groups excluding carboxylic acids is 1. The van der Waals surface area contributed by atoms with Crippen LogP contribution in [0, 0.1) is 13.8 Å². The maximum atomic E-state index is 12.6. The number of para-hydroxylation sites is 1. The Morgan fingerprint density at radius 1 is 0.964 bits per heavy atom. The molecule has 0 aliphatic rings. The van der Waals surface area contributed by atoms with Crippen molar-refractivity contribution in [1.29, 1.82) is 0 Å². The number of carbonyl (C=O) groups is 1. The SMILES string of the molecule is Cc1nn(-c2ccccc2)c(C)c1/C=C/C(=O)c1ccc(-n2ccnc2)cc1. The molecule has 2 heterocycles. The number of hydrogen-bond acceptors (Lipinski definition) is 3. The fraction of sp³-hybridized carbons (Fsp3) is 0.0870. The first kappa shape index (κ1) is 17.7. The van der Waals surface area contributed by atoms with E-state index in [1.807, 2.05) is 90.0 Å². The van der Waals surface area contributed by atoms with Crippen molar-refractivity contribution in [2.45, 2.75) is 13.8 Å². The molecule has 0 spiro atoms. The molecule has 0 saturated carbocycles. The van der Waals surface area contributed by atoms with E-state index in [2.05, 4.69) is 10.1 Å². The number of aryl methyl sites for hydroxylation is 1. The van der Waals surface area contributed by atoms with Crippen LogP contribution in [0.5, 0.6) is 0 Å². The summed E-state index contributed by atoms with van der Waals surface area (Å²) in [6.45, 7) is 3.97. The first-order chi connectivity index (χ1) is 13.6. The fourth-order valence-corrected chi connectivity index (χ4v) is 3.18. The van der Waals surface area contributed by atoms with E-state index in [0.717, 1.165) is 28.3 Å². The molecule has 2 aromatic heterocycles. The molecule has 5 nitrogen and oxygen atoms in total. The van der Waals surface area contributed by atoms with Crippen molar-refractivity contribution in [2.24, 2.45) is 0 Å². The highest BCUT2D eigenvalue weighted by Gasteiger charge is 2.11. The summed E-state index contributed by atoms with van der Waals surface area (Å²) in [7, 11) is 0. The van der Waals surface area contributed by atoms with Crippen molar-refractivity contribution in [1.82, 2.24) is 19.3 Å². The second-order valence-corrected chi connectivity index (χ2v) is 6.55. The molecule has 0 aliphatic carbocycles. The Bertz CT molecular complexity index is 1120. The molecular weight excluding hydrogens is 348 g/mol. The number of benzene rings is 2. The normalized spacial score (nSPS) is 11.2. The van der Waals surface area contributed by atoms with E-state index in [9.17, 15) is 4.79 Å². The first-order valence-electron chi connectivity index (χ1n) is 9.06. The highest BCUT2D eigenvalue weighted by atomic mass is 16.1. The van der Waals surface area contributed by atoms with Crippen LogP contribution in [0.4, 0.5) is 0 Å². The average molecular weight is 368 g/mol. The molecule has 0 bridgehead atoms. The Hall–Kier alpha value is -3.73. The van der Waals surface area contributed by atoms with E-state index in [0.29, 0.717) is 5.56 Å². The third kappa shape index (κ3) is 3.42. The van der Waals surface area contributed by atoms with Gasteiger partial charge in [0, 0.05) is 34.9 Å². The summed E-state index contributed by atoms with van der Waals surface area (Å²) in [6, 6.07) is 17.5. The number of ketones is 1. The van der Waals surface area contributed by atoms with Crippen molar-refractivity contribution in [3.05, 3.63) is 102 Å². The third-order valence-electron chi connectivity index (χ3n) is 4.70. The van der Waals surface area contributed by atoms with Gasteiger partial charge in [-0.3, -0.25) is 4.79 Å². The maximum absolute atomic E-state index is 12.6. The predicted molar refractivity (Wildman–Crippen MR) is 110 cm³/mol. The molecule has 138 valence electrons. The summed E-state index contributed by atoms with van der Waals surface area (Å²) in [5, 5.41) is 4.62. The highest BCUT2D eigenvalue weighted by molar-refractivity contribution is 6.07. The van der Waals surface area contributed by atoms with E-state index in [4.69, 9.17) is 0 Å². The Balaban J connectivity index is 1.56. The Labute approximate surface area is 163 Å². The number of hydrogen-bond donors (Lipinski definition) is 0. The van der Waals surface area contributed by atoms with Crippen molar-refractivity contribution in [3.63, 3.8) is 0 Å². The summed E-state index contributed by atoms with van der Waals surface area (Å²) in [4.78, 5) is 16.6. The standard InChI is InChI=1S/C23H20N4O/c1-17-22(18(2)27(25-17)21-6-4-3-5-7-21)12-13-23(28)19-8-10-20(11-9-19)26-15-14-24-16-26/h3-16H,1-2H3/b13-12+. The van der Waals surface area contributed by atoms with Crippen molar-refractivity contribution < 1.29 is 4.79 Å². The number of imidazole rings is 1. The summed E-state index contributed by atoms with van der Waals surface area (Å²) in [5.74, 6) is -0.0385. The van der Waals surface area contributed by atoms with Crippen molar-refractivity contribution in [2.75, 3.05) is 0 Å². The smallest absolute Gasteiger partial charge is 0.185 e. The van der Waals surface area contributed by atoms with Crippen LogP contribution in [0.25, 0.3) is 17.5 Å². The second-order valence-electron chi connectivity index (χ2n) is 6.55. The van der Waals surface area contributed by atoms with E-state index in [-0.39, 0.29) is 5.78 Å². The van der Waals surface area contributed by atoms with Crippen LogP contribution in [-0.4, -0.2) is 25.1 Å². The molecular formula is C23H20N4O. The highest BCUT2D eigenvalue weighted by Crippen LogP contribution is 2.19. The van der Waals surface area contributed by atoms with Gasteiger partial charge in [-0.05, 0) is 62.4 Å². The van der Waals surface area contributed by atoms with E-state index in [1.165, 1.54) is 0 Å². The van der Waals surface area contributed by atoms with Gasteiger partial charge >= 0.3 is 0 Å². The van der Waals surface area contributed by atoms with Gasteiger partial charge in [-0.25, -0.2) is 9.67 Å². The molecule has 0 amide bonds. The van der Waals surface area contributed by atoms with Gasteiger partial charge in [-0.2, -0.15) is 5.10 Å². The quantitative estimate of drug-likeness (QED) is 0.383. The van der Waals surface area contributed by atoms with E-state index in [1.54, 1.807) is 18.6 Å². The minimum atomic E-state index is -0.0385. The summed E-state index contributed by atoms with van der Waals surface area (Å²) < 4.78 is 3.80. The van der Waals surface area contributed by atoms with Crippen molar-refractivity contribution in [3.8, 4) is 11.4 Å². The summed E-state index contributed by atoms with van der Waals surface area (Å²) in [6.07, 6.45) is 8.78. The number of allylic oxidation sites excluding steroid dienone is 1. The molecule has 0 fully saturated rings. The largest absolute Gasteiger partial charge is 0.306 e. The molecule has 5 heteroatoms. The van der Waals surface area contributed by atoms with E-state index >= 15 is 0 Å². The minimum Gasteiger partial charge on any atom is -0.306 e. The van der Waals surface area contributed by atoms with Gasteiger partial charge in [0.25, 0.3) is 0 Å². The molecule has 0 radical (unpaired) electrons. The van der Waals surface area contributed by atoms with Gasteiger partial charge < -0.3 is 4.57 Å². The molecule has 28 heavy (non-hydrogen) atoms. The molecule has 0 saturated heterocycles. The Kier molecular flexibility index (Phi) is 4.72. The van der Waals surface area contributed by atoms with Crippen molar-refractivity contribution >= 4 is 11.9 Å². The zero-order valence-corrected chi connectivity index (χ0v) is 15.8. The van der Waals surface area contributed by atoms with Crippen LogP contribution < -0.4 is 0 Å². The minimum absolute atomic E-state index is 0.0385. The monoisotopic (exact) mass is 368 g/mol. The zero-order valence-electron chi connectivity index (χ0n) is 15.8. The molecule has 4 aromatic rings. The van der Waals surface area contributed by atoms with Crippen LogP contribution >= 0.6 is 0 Å². The summed E-state index contributed by atoms with van der Waals surface area (Å²) in [5.41, 5.74) is 5.47. The van der Waals surface area contributed by atoms with Crippen LogP contribution in [0.15, 0.2) is 79.4 Å². The fourth-order valence-electron chi connectivity index (χ4n) is 3.18. The van der Waals surface area contributed by atoms with Crippen LogP contribution in [-0.2, 0) is 0 Å². The van der Waals surface area contributed by atoms with Crippen LogP contribution in [0.3, 0.4) is 0 Å². The predicted octanol–water partition coefficient (Wildman–Crippen LogP) is 4.57. The molecule has 4 rings (SSSR count). The topological polar surface area (TPSA) is 52.7 Å². The van der Waals surface area contributed by atoms with Crippen LogP contribution in [0.1, 0.15) is 27.3 Å². The zero-order chi connectivity index (χ0) is 19.5. The average Bonchev–Trinajstić information content (AvgIpc) is 3.36. The molecule has 0 unspecified atom stereocenters. The number of nitrogens with zero attached hydrogens (tertiary/aromatic N) is 4. The second kappa shape index (κ2) is 7.48. The Morgan fingerprint density at radius 2 is 1.71 bits per heavy atom. The van der Waals surface area contributed by atoms with Gasteiger partial charge in [-0.15, -0.1) is 0 Å². The van der Waals surface area contributed by atoms with Gasteiger partial charge in [0.15, 0.2) is 5.78 Å². The lowest BCUT2D eigenvalue weighted by molar-refractivity contribution is 0.104. The van der Waals surface area contributed by atoms with Crippen LogP contribution in [0.2, 0.25) is 0 Å². The molecule has 0 aliphatic heterocycles. The van der Waals surface area contributed by atoms with Gasteiger partial charge in [0.2, 0.25) is 0 Å². The number of aromatic nitrogens is 4. The van der Waals surface area contributed by atoms with Gasteiger partial charge in [0.1, 0.15) is 0 Å². The molecule has 0 atom stereocenters. The lowest BCUT2D eigenvalue weighted by Gasteiger charge is -2.04. The molecule has 2 aromatic carbocycles. The van der Waals surface area contributed by atoms with Gasteiger partial charge in [-0.1, -0.05) is 18.2 Å². The molecule has 0 N–H and O–H groups in total. The lowest BCUT2D eigenvalue weighted by Crippen LogP contribution is -1.98. The van der Waals surface area contributed by atoms with E-state index < -0.39 is 0 Å². The maximum Gasteiger partial charge on any atom is 0.185 e. The first-order valence-corrected chi connectivity index (χ1v) is 9.06. The Morgan fingerprint density at radius 3 is 2.39 bits per heavy atom. The summed E-state index contributed by atoms with van der Waals surface area (Å²) >= 11 is 0. The number of rotatable bonds is 5. The van der Waals surface area contributed by atoms with Gasteiger partial charge in [0.05, 0.1) is 17.7 Å². The third-order valence-corrected chi connectivity index (χ3v) is 4.70.